The first kappa shape index (κ1) is 16.8. The van der Waals surface area contributed by atoms with Gasteiger partial charge in [-0.1, -0.05) is 36.4 Å². The Bertz CT molecular complexity index is 850. The van der Waals surface area contributed by atoms with Crippen LogP contribution in [0.1, 0.15) is 16.8 Å². The van der Waals surface area contributed by atoms with E-state index in [1.165, 1.54) is 5.56 Å². The predicted octanol–water partition coefficient (Wildman–Crippen LogP) is 4.46. The first-order valence-corrected chi connectivity index (χ1v) is 8.19. The van der Waals surface area contributed by atoms with Crippen molar-refractivity contribution in [2.45, 2.75) is 20.4 Å². The number of aryl methyl sites for hydroxylation is 2. The van der Waals surface area contributed by atoms with Gasteiger partial charge in [-0.3, -0.25) is 0 Å². The molecule has 0 spiro atoms. The Morgan fingerprint density at radius 3 is 2.52 bits per heavy atom. The zero-order valence-corrected chi connectivity index (χ0v) is 14.7. The maximum atomic E-state index is 5.42. The first-order valence-electron chi connectivity index (χ1n) is 8.19. The van der Waals surface area contributed by atoms with Gasteiger partial charge < -0.3 is 15.4 Å². The standard InChI is InChI=1S/C20H22N4O/c1-14-9-10-18(25-3)17(11-14)23-19-12-15(2)22-20(24-19)21-13-16-7-5-4-6-8-16/h4-12H,13H2,1-3H3,(H2,21,22,23,24). The number of nitrogens with zero attached hydrogens (tertiary/aromatic N) is 2. The molecule has 0 aliphatic rings. The maximum Gasteiger partial charge on any atom is 0.225 e. The van der Waals surface area contributed by atoms with Crippen molar-refractivity contribution in [3.05, 3.63) is 71.4 Å². The maximum absolute atomic E-state index is 5.42. The van der Waals surface area contributed by atoms with E-state index in [1.807, 2.05) is 56.3 Å². The molecule has 0 unspecified atom stereocenters. The van der Waals surface area contributed by atoms with Crippen molar-refractivity contribution in [2.24, 2.45) is 0 Å². The Kier molecular flexibility index (Phi) is 5.14. The summed E-state index contributed by atoms with van der Waals surface area (Å²) in [4.78, 5) is 9.02. The van der Waals surface area contributed by atoms with E-state index in [9.17, 15) is 0 Å². The fraction of sp³-hybridized carbons (Fsp3) is 0.200. The Morgan fingerprint density at radius 1 is 0.960 bits per heavy atom. The van der Waals surface area contributed by atoms with Crippen LogP contribution in [0.4, 0.5) is 17.5 Å². The largest absolute Gasteiger partial charge is 0.495 e. The number of methoxy groups -OCH3 is 1. The second-order valence-corrected chi connectivity index (χ2v) is 5.89. The third kappa shape index (κ3) is 4.47. The lowest BCUT2D eigenvalue weighted by atomic mass is 10.2. The number of hydrogen-bond acceptors (Lipinski definition) is 5. The van der Waals surface area contributed by atoms with Crippen molar-refractivity contribution in [1.29, 1.82) is 0 Å². The topological polar surface area (TPSA) is 59.1 Å². The minimum atomic E-state index is 0.595. The van der Waals surface area contributed by atoms with Gasteiger partial charge in [-0.05, 0) is 37.1 Å². The van der Waals surface area contributed by atoms with Crippen LogP contribution < -0.4 is 15.4 Å². The summed E-state index contributed by atoms with van der Waals surface area (Å²) < 4.78 is 5.42. The molecule has 0 saturated carbocycles. The summed E-state index contributed by atoms with van der Waals surface area (Å²) in [5.41, 5.74) is 4.10. The smallest absolute Gasteiger partial charge is 0.225 e. The fourth-order valence-corrected chi connectivity index (χ4v) is 2.55. The Hall–Kier alpha value is -3.08. The van der Waals surface area contributed by atoms with Crippen molar-refractivity contribution >= 4 is 17.5 Å². The van der Waals surface area contributed by atoms with E-state index >= 15 is 0 Å². The molecule has 0 fully saturated rings. The third-order valence-electron chi connectivity index (χ3n) is 3.77. The molecule has 5 nitrogen and oxygen atoms in total. The molecule has 0 atom stereocenters. The molecule has 0 amide bonds. The van der Waals surface area contributed by atoms with Crippen LogP contribution in [0.25, 0.3) is 0 Å². The molecule has 128 valence electrons. The van der Waals surface area contributed by atoms with E-state index in [1.54, 1.807) is 7.11 Å². The highest BCUT2D eigenvalue weighted by molar-refractivity contribution is 5.65. The van der Waals surface area contributed by atoms with E-state index in [2.05, 4.69) is 32.7 Å². The minimum Gasteiger partial charge on any atom is -0.495 e. The van der Waals surface area contributed by atoms with Crippen LogP contribution in [0, 0.1) is 13.8 Å². The SMILES string of the molecule is COc1ccc(C)cc1Nc1cc(C)nc(NCc2ccccc2)n1. The molecule has 0 saturated heterocycles. The monoisotopic (exact) mass is 334 g/mol. The van der Waals surface area contributed by atoms with Gasteiger partial charge in [0.25, 0.3) is 0 Å². The fourth-order valence-electron chi connectivity index (χ4n) is 2.55. The lowest BCUT2D eigenvalue weighted by molar-refractivity contribution is 0.416. The van der Waals surface area contributed by atoms with Gasteiger partial charge in [0.2, 0.25) is 5.95 Å². The second-order valence-electron chi connectivity index (χ2n) is 5.89. The van der Waals surface area contributed by atoms with E-state index in [0.29, 0.717) is 12.5 Å². The van der Waals surface area contributed by atoms with Crippen molar-refractivity contribution in [2.75, 3.05) is 17.7 Å². The average Bonchev–Trinajstić information content (AvgIpc) is 2.61. The van der Waals surface area contributed by atoms with E-state index < -0.39 is 0 Å². The minimum absolute atomic E-state index is 0.595. The van der Waals surface area contributed by atoms with Crippen molar-refractivity contribution < 1.29 is 4.74 Å². The van der Waals surface area contributed by atoms with Gasteiger partial charge in [0.1, 0.15) is 11.6 Å². The lowest BCUT2D eigenvalue weighted by Crippen LogP contribution is -2.06. The summed E-state index contributed by atoms with van der Waals surface area (Å²) in [7, 11) is 1.66. The molecule has 0 bridgehead atoms. The lowest BCUT2D eigenvalue weighted by Gasteiger charge is -2.13. The highest BCUT2D eigenvalue weighted by Crippen LogP contribution is 2.28. The van der Waals surface area contributed by atoms with Gasteiger partial charge in [-0.25, -0.2) is 4.98 Å². The van der Waals surface area contributed by atoms with E-state index in [4.69, 9.17) is 4.74 Å². The van der Waals surface area contributed by atoms with Gasteiger partial charge >= 0.3 is 0 Å². The van der Waals surface area contributed by atoms with Gasteiger partial charge in [0, 0.05) is 18.3 Å². The molecule has 0 aliphatic carbocycles. The number of anilines is 3. The molecule has 3 aromatic rings. The number of aromatic nitrogens is 2. The highest BCUT2D eigenvalue weighted by atomic mass is 16.5. The Morgan fingerprint density at radius 2 is 1.76 bits per heavy atom. The highest BCUT2D eigenvalue weighted by Gasteiger charge is 2.07. The Labute approximate surface area is 148 Å². The first-order chi connectivity index (χ1) is 12.1. The number of rotatable bonds is 6. The van der Waals surface area contributed by atoms with Crippen molar-refractivity contribution in [3.63, 3.8) is 0 Å². The summed E-state index contributed by atoms with van der Waals surface area (Å²) in [5, 5.41) is 6.60. The van der Waals surface area contributed by atoms with Crippen LogP contribution in [0.15, 0.2) is 54.6 Å². The summed E-state index contributed by atoms with van der Waals surface area (Å²) >= 11 is 0. The molecule has 3 rings (SSSR count). The van der Waals surface area contributed by atoms with Crippen LogP contribution in [0.3, 0.4) is 0 Å². The molecule has 1 aromatic heterocycles. The third-order valence-corrected chi connectivity index (χ3v) is 3.77. The molecule has 2 N–H and O–H groups in total. The normalized spacial score (nSPS) is 10.4. The van der Waals surface area contributed by atoms with Crippen LogP contribution in [0.2, 0.25) is 0 Å². The molecule has 25 heavy (non-hydrogen) atoms. The second kappa shape index (κ2) is 7.66. The van der Waals surface area contributed by atoms with E-state index in [-0.39, 0.29) is 0 Å². The molecule has 0 aliphatic heterocycles. The molecular weight excluding hydrogens is 312 g/mol. The van der Waals surface area contributed by atoms with Crippen LogP contribution in [-0.2, 0) is 6.54 Å². The van der Waals surface area contributed by atoms with Crippen molar-refractivity contribution in [1.82, 2.24) is 9.97 Å². The summed E-state index contributed by atoms with van der Waals surface area (Å²) in [6, 6.07) is 18.1. The quantitative estimate of drug-likeness (QED) is 0.697. The Balaban J connectivity index is 1.79. The molecule has 5 heteroatoms. The van der Waals surface area contributed by atoms with Gasteiger partial charge in [-0.15, -0.1) is 0 Å². The number of ether oxygens (including phenoxy) is 1. The van der Waals surface area contributed by atoms with Crippen LogP contribution >= 0.6 is 0 Å². The van der Waals surface area contributed by atoms with E-state index in [0.717, 1.165) is 28.5 Å². The van der Waals surface area contributed by atoms with Crippen molar-refractivity contribution in [3.8, 4) is 5.75 Å². The molecular formula is C20H22N4O. The van der Waals surface area contributed by atoms with Crippen LogP contribution in [-0.4, -0.2) is 17.1 Å². The molecule has 2 aromatic carbocycles. The number of nitrogens with one attached hydrogen (secondary N) is 2. The molecule has 0 radical (unpaired) electrons. The molecule has 1 heterocycles. The van der Waals surface area contributed by atoms with Gasteiger partial charge in [0.05, 0.1) is 12.8 Å². The number of benzene rings is 2. The summed E-state index contributed by atoms with van der Waals surface area (Å²) in [5.74, 6) is 2.10. The summed E-state index contributed by atoms with van der Waals surface area (Å²) in [6.45, 7) is 4.67. The van der Waals surface area contributed by atoms with Gasteiger partial charge in [0.15, 0.2) is 0 Å². The zero-order chi connectivity index (χ0) is 17.6. The number of hydrogen-bond donors (Lipinski definition) is 2. The predicted molar refractivity (Wildman–Crippen MR) is 102 cm³/mol. The zero-order valence-electron chi connectivity index (χ0n) is 14.7. The van der Waals surface area contributed by atoms with Crippen LogP contribution in [0.5, 0.6) is 5.75 Å². The summed E-state index contributed by atoms with van der Waals surface area (Å²) in [6.07, 6.45) is 0. The van der Waals surface area contributed by atoms with Gasteiger partial charge in [-0.2, -0.15) is 4.98 Å². The average molecular weight is 334 g/mol.